The Balaban J connectivity index is 1.62. The molecule has 1 aliphatic rings. The Bertz CT molecular complexity index is 1260. The third kappa shape index (κ3) is 2.75. The molecule has 0 bridgehead atoms. The van der Waals surface area contributed by atoms with Crippen LogP contribution >= 0.6 is 0 Å². The fourth-order valence-corrected chi connectivity index (χ4v) is 3.74. The number of rotatable bonds is 3. The largest absolute Gasteiger partial charge is 0.348 e. The van der Waals surface area contributed by atoms with Crippen molar-refractivity contribution >= 4 is 11.4 Å². The van der Waals surface area contributed by atoms with Crippen LogP contribution in [0.3, 0.4) is 0 Å². The van der Waals surface area contributed by atoms with Crippen LogP contribution in [-0.4, -0.2) is 51.7 Å². The number of imidazole rings is 1. The number of aryl methyl sites for hydroxylation is 1. The Kier molecular flexibility index (Phi) is 4.08. The first kappa shape index (κ1) is 18.3. The van der Waals surface area contributed by atoms with Crippen molar-refractivity contribution < 1.29 is 18.0 Å². The van der Waals surface area contributed by atoms with Gasteiger partial charge in [-0.1, -0.05) is 0 Å². The third-order valence-corrected chi connectivity index (χ3v) is 5.10. The number of carbonyl (C=O) groups excluding carboxylic acids is 1. The monoisotopic (exact) mass is 416 g/mol. The number of aromatic amines is 1. The molecule has 154 valence electrons. The Morgan fingerprint density at radius 1 is 1.33 bits per heavy atom. The van der Waals surface area contributed by atoms with E-state index in [0.29, 0.717) is 17.8 Å². The molecule has 5 rings (SSSR count). The predicted molar refractivity (Wildman–Crippen MR) is 96.3 cm³/mol. The third-order valence-electron chi connectivity index (χ3n) is 5.10. The van der Waals surface area contributed by atoms with Gasteiger partial charge in [-0.25, -0.2) is 32.3 Å². The molecule has 5 heterocycles. The Morgan fingerprint density at radius 2 is 2.17 bits per heavy atom. The lowest BCUT2D eigenvalue weighted by molar-refractivity contribution is 0.0669. The van der Waals surface area contributed by atoms with Gasteiger partial charge in [-0.3, -0.25) is 4.79 Å². The van der Waals surface area contributed by atoms with E-state index in [9.17, 15) is 18.0 Å². The van der Waals surface area contributed by atoms with Crippen molar-refractivity contribution in [1.82, 2.24) is 39.2 Å². The molecule has 0 spiro atoms. The molecule has 0 saturated heterocycles. The van der Waals surface area contributed by atoms with E-state index in [-0.39, 0.29) is 17.9 Å². The van der Waals surface area contributed by atoms with Gasteiger partial charge >= 0.3 is 0 Å². The lowest BCUT2D eigenvalue weighted by atomic mass is 9.99. The summed E-state index contributed by atoms with van der Waals surface area (Å²) in [5.74, 6) is -1.98. The molecule has 0 aliphatic carbocycles. The zero-order chi connectivity index (χ0) is 21.0. The maximum absolute atomic E-state index is 14.2. The lowest BCUT2D eigenvalue weighted by Gasteiger charge is -2.33. The minimum Gasteiger partial charge on any atom is -0.348 e. The summed E-state index contributed by atoms with van der Waals surface area (Å²) < 4.78 is 42.6. The molecule has 0 aromatic carbocycles. The fourth-order valence-electron chi connectivity index (χ4n) is 3.74. The molecule has 12 heteroatoms. The van der Waals surface area contributed by atoms with Crippen molar-refractivity contribution in [2.75, 3.05) is 6.54 Å². The van der Waals surface area contributed by atoms with Gasteiger partial charge in [0, 0.05) is 31.9 Å². The van der Waals surface area contributed by atoms with Crippen LogP contribution in [0.15, 0.2) is 30.7 Å². The van der Waals surface area contributed by atoms with Crippen molar-refractivity contribution in [2.45, 2.75) is 18.9 Å². The zero-order valence-corrected chi connectivity index (χ0v) is 15.6. The molecular weight excluding hydrogens is 401 g/mol. The van der Waals surface area contributed by atoms with Gasteiger partial charge in [0.05, 0.1) is 17.7 Å². The maximum Gasteiger partial charge on any atom is 0.299 e. The van der Waals surface area contributed by atoms with E-state index >= 15 is 0 Å². The molecule has 0 fully saturated rings. The minimum absolute atomic E-state index is 0.218. The molecule has 1 aliphatic heterocycles. The predicted octanol–water partition coefficient (Wildman–Crippen LogP) is 2.05. The summed E-state index contributed by atoms with van der Waals surface area (Å²) in [5.41, 5.74) is 2.04. The highest BCUT2D eigenvalue weighted by atomic mass is 19.3. The molecular formula is C18H15F3N8O. The van der Waals surface area contributed by atoms with Crippen LogP contribution in [0.25, 0.3) is 5.52 Å². The number of nitrogens with zero attached hydrogens (tertiary/aromatic N) is 7. The number of amides is 1. The first-order valence-electron chi connectivity index (χ1n) is 9.10. The van der Waals surface area contributed by atoms with Gasteiger partial charge in [0.2, 0.25) is 11.6 Å². The van der Waals surface area contributed by atoms with Gasteiger partial charge in [0.1, 0.15) is 17.4 Å². The van der Waals surface area contributed by atoms with Gasteiger partial charge in [-0.05, 0) is 18.2 Å². The number of hydrogen-bond acceptors (Lipinski definition) is 5. The van der Waals surface area contributed by atoms with Gasteiger partial charge < -0.3 is 9.88 Å². The van der Waals surface area contributed by atoms with E-state index < -0.39 is 30.0 Å². The van der Waals surface area contributed by atoms with E-state index in [1.807, 2.05) is 0 Å². The maximum atomic E-state index is 14.2. The molecule has 30 heavy (non-hydrogen) atoms. The summed E-state index contributed by atoms with van der Waals surface area (Å²) in [7, 11) is 1.38. The second kappa shape index (κ2) is 6.68. The summed E-state index contributed by atoms with van der Waals surface area (Å²) in [6.07, 6.45) is 0.701. The normalized spacial score (nSPS) is 16.4. The minimum atomic E-state index is -2.89. The highest BCUT2D eigenvalue weighted by molar-refractivity contribution is 5.91. The summed E-state index contributed by atoms with van der Waals surface area (Å²) >= 11 is 0. The molecule has 0 saturated carbocycles. The van der Waals surface area contributed by atoms with Crippen LogP contribution < -0.4 is 0 Å². The van der Waals surface area contributed by atoms with Crippen molar-refractivity contribution in [3.8, 4) is 0 Å². The van der Waals surface area contributed by atoms with Gasteiger partial charge in [-0.15, -0.1) is 5.10 Å². The van der Waals surface area contributed by atoms with Crippen molar-refractivity contribution in [3.63, 3.8) is 0 Å². The first-order valence-corrected chi connectivity index (χ1v) is 9.10. The van der Waals surface area contributed by atoms with E-state index in [4.69, 9.17) is 0 Å². The molecule has 1 amide bonds. The average molecular weight is 416 g/mol. The summed E-state index contributed by atoms with van der Waals surface area (Å²) in [6.45, 7) is 0.270. The number of nitrogens with one attached hydrogen (secondary N) is 1. The molecule has 9 nitrogen and oxygen atoms in total. The number of alkyl halides is 2. The van der Waals surface area contributed by atoms with Gasteiger partial charge in [-0.2, -0.15) is 5.10 Å². The second-order valence-corrected chi connectivity index (χ2v) is 6.89. The highest BCUT2D eigenvalue weighted by Crippen LogP contribution is 2.34. The molecule has 0 radical (unpaired) electrons. The van der Waals surface area contributed by atoms with E-state index in [1.165, 1.54) is 34.9 Å². The Labute approximate surface area is 167 Å². The zero-order valence-electron chi connectivity index (χ0n) is 15.6. The molecule has 1 N–H and O–H groups in total. The molecule has 4 aromatic heterocycles. The Hall–Kier alpha value is -3.70. The van der Waals surface area contributed by atoms with Crippen LogP contribution in [0, 0.1) is 5.82 Å². The number of aromatic nitrogens is 7. The average Bonchev–Trinajstić information content (AvgIpc) is 3.44. The molecule has 1 atom stereocenters. The SMILES string of the molecule is Cn1nc(C(F)F)nc1C(=O)N1CCc2[nH]cnc2[C@H]1c1cc2c(F)cccn2n1. The molecule has 0 unspecified atom stereocenters. The lowest BCUT2D eigenvalue weighted by Crippen LogP contribution is -2.42. The van der Waals surface area contributed by atoms with Crippen LogP contribution in [0.5, 0.6) is 0 Å². The Morgan fingerprint density at radius 3 is 2.90 bits per heavy atom. The topological polar surface area (TPSA) is 97.0 Å². The van der Waals surface area contributed by atoms with Crippen LogP contribution in [0.1, 0.15) is 46.0 Å². The van der Waals surface area contributed by atoms with Gasteiger partial charge in [0.15, 0.2) is 0 Å². The van der Waals surface area contributed by atoms with E-state index in [0.717, 1.165) is 10.4 Å². The first-order chi connectivity index (χ1) is 14.4. The number of H-pyrrole nitrogens is 1. The second-order valence-electron chi connectivity index (χ2n) is 6.89. The number of carbonyl (C=O) groups is 1. The number of halogens is 3. The van der Waals surface area contributed by atoms with Crippen LogP contribution in [0.2, 0.25) is 0 Å². The van der Waals surface area contributed by atoms with Crippen molar-refractivity contribution in [2.24, 2.45) is 7.05 Å². The number of pyridine rings is 1. The van der Waals surface area contributed by atoms with Crippen LogP contribution in [0.4, 0.5) is 13.2 Å². The number of fused-ring (bicyclic) bond motifs is 2. The van der Waals surface area contributed by atoms with Crippen molar-refractivity contribution in [1.29, 1.82) is 0 Å². The summed E-state index contributed by atoms with van der Waals surface area (Å²) in [6, 6.07) is 3.65. The standard InChI is InChI=1S/C18H15F3N8O/c1-27-17(24-16(26-27)15(20)21)18(30)28-6-4-10-13(23-8-22-10)14(28)11-7-12-9(19)3-2-5-29(12)25-11/h2-3,5,7-8,14-15H,4,6H2,1H3,(H,22,23)/t14-/m1/s1. The molecule has 4 aromatic rings. The summed E-state index contributed by atoms with van der Waals surface area (Å²) in [4.78, 5) is 25.8. The number of hydrogen-bond donors (Lipinski definition) is 1. The van der Waals surface area contributed by atoms with E-state index in [2.05, 4.69) is 25.1 Å². The van der Waals surface area contributed by atoms with Crippen molar-refractivity contribution in [3.05, 3.63) is 65.3 Å². The summed E-state index contributed by atoms with van der Waals surface area (Å²) in [5, 5.41) is 8.05. The highest BCUT2D eigenvalue weighted by Gasteiger charge is 2.38. The van der Waals surface area contributed by atoms with Gasteiger partial charge in [0.25, 0.3) is 12.3 Å². The quantitative estimate of drug-likeness (QED) is 0.551. The van der Waals surface area contributed by atoms with E-state index in [1.54, 1.807) is 12.3 Å². The smallest absolute Gasteiger partial charge is 0.299 e. The fraction of sp³-hybridized carbons (Fsp3) is 0.278. The van der Waals surface area contributed by atoms with Crippen LogP contribution in [-0.2, 0) is 13.5 Å².